The number of halogens is 1. The second kappa shape index (κ2) is 14.9. The van der Waals surface area contributed by atoms with E-state index in [9.17, 15) is 24.6 Å². The number of hydrogen-bond donors (Lipinski definition) is 2. The summed E-state index contributed by atoms with van der Waals surface area (Å²) in [5, 5.41) is 24.1. The first-order valence-electron chi connectivity index (χ1n) is 15.3. The summed E-state index contributed by atoms with van der Waals surface area (Å²) in [6.07, 6.45) is 3.72. The van der Waals surface area contributed by atoms with Crippen LogP contribution in [-0.2, 0) is 20.9 Å². The summed E-state index contributed by atoms with van der Waals surface area (Å²) in [5.41, 5.74) is 2.94. The van der Waals surface area contributed by atoms with Crippen LogP contribution < -0.4 is 0 Å². The fourth-order valence-electron chi connectivity index (χ4n) is 5.98. The molecule has 3 atom stereocenters. The number of amides is 1. The van der Waals surface area contributed by atoms with Crippen molar-refractivity contribution in [2.24, 2.45) is 5.92 Å². The van der Waals surface area contributed by atoms with Crippen LogP contribution in [0.15, 0.2) is 115 Å². The molecule has 6 nitrogen and oxygen atoms in total. The molecule has 0 bridgehead atoms. The maximum Gasteiger partial charge on any atom is 0.307 e. The molecular formula is C39H36ClNO5. The van der Waals surface area contributed by atoms with Crippen LogP contribution in [-0.4, -0.2) is 39.0 Å². The van der Waals surface area contributed by atoms with Gasteiger partial charge in [-0.05, 0) is 75.8 Å². The summed E-state index contributed by atoms with van der Waals surface area (Å²) < 4.78 is 0. The maximum absolute atomic E-state index is 14.0. The Kier molecular flexibility index (Phi) is 10.5. The monoisotopic (exact) mass is 633 g/mol. The Labute approximate surface area is 273 Å². The van der Waals surface area contributed by atoms with Gasteiger partial charge in [0, 0.05) is 29.9 Å². The second-order valence-electron chi connectivity index (χ2n) is 11.7. The number of fused-ring (bicyclic) bond motifs is 2. The fraction of sp³-hybridized carbons (Fsp3) is 0.205. The number of allylic oxidation sites excluding steroid dienone is 1. The first-order valence-corrected chi connectivity index (χ1v) is 15.7. The molecule has 234 valence electrons. The lowest BCUT2D eigenvalue weighted by Crippen LogP contribution is -2.43. The Morgan fingerprint density at radius 3 is 2.00 bits per heavy atom. The topological polar surface area (TPSA) is 94.9 Å². The molecular weight excluding hydrogens is 598 g/mol. The molecule has 5 aromatic rings. The van der Waals surface area contributed by atoms with E-state index in [0.717, 1.165) is 38.2 Å². The molecule has 5 rings (SSSR count). The number of carbonyl (C=O) groups excluding carboxylic acids is 1. The van der Waals surface area contributed by atoms with Gasteiger partial charge in [0.2, 0.25) is 5.91 Å². The summed E-state index contributed by atoms with van der Waals surface area (Å²) in [5.74, 6) is -4.47. The molecule has 2 N–H and O–H groups in total. The third-order valence-corrected chi connectivity index (χ3v) is 8.78. The lowest BCUT2D eigenvalue weighted by Gasteiger charge is -2.36. The van der Waals surface area contributed by atoms with Crippen molar-refractivity contribution in [3.63, 3.8) is 0 Å². The number of carboxylic acid groups (broad SMARTS) is 2. The minimum absolute atomic E-state index is 0.166. The van der Waals surface area contributed by atoms with Crippen LogP contribution >= 0.6 is 11.6 Å². The van der Waals surface area contributed by atoms with Crippen molar-refractivity contribution < 1.29 is 24.6 Å². The van der Waals surface area contributed by atoms with Crippen LogP contribution in [0.5, 0.6) is 0 Å². The van der Waals surface area contributed by atoms with Crippen molar-refractivity contribution in [1.82, 2.24) is 4.90 Å². The first kappa shape index (κ1) is 32.5. The van der Waals surface area contributed by atoms with Gasteiger partial charge < -0.3 is 15.1 Å². The van der Waals surface area contributed by atoms with Crippen molar-refractivity contribution in [2.75, 3.05) is 0 Å². The lowest BCUT2D eigenvalue weighted by atomic mass is 9.87. The van der Waals surface area contributed by atoms with Crippen LogP contribution in [0.2, 0.25) is 5.02 Å². The maximum atomic E-state index is 14.0. The summed E-state index contributed by atoms with van der Waals surface area (Å²) in [6.45, 7) is 2.21. The molecule has 1 amide bonds. The molecule has 0 saturated carbocycles. The van der Waals surface area contributed by atoms with Gasteiger partial charge >= 0.3 is 11.9 Å². The van der Waals surface area contributed by atoms with Gasteiger partial charge in [-0.2, -0.15) is 0 Å². The van der Waals surface area contributed by atoms with E-state index in [1.165, 1.54) is 0 Å². The van der Waals surface area contributed by atoms with Gasteiger partial charge in [-0.3, -0.25) is 14.4 Å². The third kappa shape index (κ3) is 8.20. The molecule has 0 saturated heterocycles. The molecule has 0 aliphatic heterocycles. The Morgan fingerprint density at radius 1 is 0.761 bits per heavy atom. The molecule has 0 radical (unpaired) electrons. The van der Waals surface area contributed by atoms with Crippen LogP contribution in [0.3, 0.4) is 0 Å². The van der Waals surface area contributed by atoms with Gasteiger partial charge in [-0.25, -0.2) is 0 Å². The van der Waals surface area contributed by atoms with E-state index < -0.39 is 36.6 Å². The van der Waals surface area contributed by atoms with Gasteiger partial charge in [-0.15, -0.1) is 0 Å². The van der Waals surface area contributed by atoms with Crippen molar-refractivity contribution in [1.29, 1.82) is 0 Å². The minimum atomic E-state index is -1.34. The van der Waals surface area contributed by atoms with E-state index >= 15 is 0 Å². The van der Waals surface area contributed by atoms with Crippen LogP contribution in [0.4, 0.5) is 0 Å². The van der Waals surface area contributed by atoms with E-state index in [1.54, 1.807) is 4.90 Å². The minimum Gasteiger partial charge on any atom is -0.481 e. The molecule has 0 aliphatic carbocycles. The predicted molar refractivity (Wildman–Crippen MR) is 184 cm³/mol. The normalized spacial score (nSPS) is 13.4. The van der Waals surface area contributed by atoms with Crippen molar-refractivity contribution in [3.05, 3.63) is 137 Å². The SMILES string of the molecule is C[C@@H]([C@@H](C/C=C/c1ccc2ccccc2c1)c1ccc(Cl)cc1)N(Cc1ccc2ccccc2c1)C(=O)C[C@H](CC(=O)O)C(=O)O. The third-order valence-electron chi connectivity index (χ3n) is 8.52. The van der Waals surface area contributed by atoms with Crippen molar-refractivity contribution in [2.45, 2.75) is 44.7 Å². The molecule has 0 aliphatic rings. The van der Waals surface area contributed by atoms with Gasteiger partial charge in [0.1, 0.15) is 0 Å². The summed E-state index contributed by atoms with van der Waals surface area (Å²) in [4.78, 5) is 39.1. The zero-order valence-electron chi connectivity index (χ0n) is 25.6. The zero-order valence-corrected chi connectivity index (χ0v) is 26.3. The number of hydrogen-bond acceptors (Lipinski definition) is 3. The Morgan fingerprint density at radius 2 is 1.37 bits per heavy atom. The van der Waals surface area contributed by atoms with Gasteiger partial charge in [-0.1, -0.05) is 109 Å². The highest BCUT2D eigenvalue weighted by Gasteiger charge is 2.32. The average molecular weight is 634 g/mol. The molecule has 0 spiro atoms. The van der Waals surface area contributed by atoms with Gasteiger partial charge in [0.15, 0.2) is 0 Å². The van der Waals surface area contributed by atoms with E-state index in [2.05, 4.69) is 42.5 Å². The number of nitrogens with zero attached hydrogens (tertiary/aromatic N) is 1. The highest BCUT2D eigenvalue weighted by molar-refractivity contribution is 6.30. The predicted octanol–water partition coefficient (Wildman–Crippen LogP) is 8.82. The van der Waals surface area contributed by atoms with Crippen LogP contribution in [0, 0.1) is 5.92 Å². The summed E-state index contributed by atoms with van der Waals surface area (Å²) in [7, 11) is 0. The Balaban J connectivity index is 1.48. The molecule has 0 unspecified atom stereocenters. The quantitative estimate of drug-likeness (QED) is 0.135. The number of benzene rings is 5. The van der Waals surface area contributed by atoms with E-state index in [0.29, 0.717) is 11.4 Å². The average Bonchev–Trinajstić information content (AvgIpc) is 3.05. The lowest BCUT2D eigenvalue weighted by molar-refractivity contribution is -0.151. The smallest absolute Gasteiger partial charge is 0.307 e. The number of carboxylic acids is 2. The highest BCUT2D eigenvalue weighted by Crippen LogP contribution is 2.32. The van der Waals surface area contributed by atoms with Crippen molar-refractivity contribution >= 4 is 57.1 Å². The van der Waals surface area contributed by atoms with Gasteiger partial charge in [0.25, 0.3) is 0 Å². The van der Waals surface area contributed by atoms with E-state index in [-0.39, 0.29) is 18.5 Å². The van der Waals surface area contributed by atoms with Crippen molar-refractivity contribution in [3.8, 4) is 0 Å². The largest absolute Gasteiger partial charge is 0.481 e. The van der Waals surface area contributed by atoms with Gasteiger partial charge in [0.05, 0.1) is 12.3 Å². The Hall–Kier alpha value is -4.94. The molecule has 7 heteroatoms. The number of rotatable bonds is 13. The number of aliphatic carboxylic acids is 2. The van der Waals surface area contributed by atoms with Crippen LogP contribution in [0.1, 0.15) is 48.8 Å². The second-order valence-corrected chi connectivity index (χ2v) is 12.1. The van der Waals surface area contributed by atoms with E-state index in [1.807, 2.05) is 85.8 Å². The highest BCUT2D eigenvalue weighted by atomic mass is 35.5. The standard InChI is InChI=1S/C39H36ClNO5/c1-26(36(31-17-19-35(40)20-18-31)12-6-7-27-13-15-29-8-2-4-10-32(29)21-27)41(37(42)23-34(39(45)46)24-38(43)44)25-28-14-16-30-9-3-5-11-33(30)22-28/h2-11,13-22,26,34,36H,12,23-25H2,1H3,(H,43,44)(H,45,46)/b7-6+/t26-,34+,36+/m0/s1. The fourth-order valence-corrected chi connectivity index (χ4v) is 6.11. The molecule has 0 fully saturated rings. The first-order chi connectivity index (χ1) is 22.2. The summed E-state index contributed by atoms with van der Waals surface area (Å²) >= 11 is 6.24. The van der Waals surface area contributed by atoms with Crippen LogP contribution in [0.25, 0.3) is 27.6 Å². The molecule has 0 heterocycles. The molecule has 46 heavy (non-hydrogen) atoms. The van der Waals surface area contributed by atoms with E-state index in [4.69, 9.17) is 11.6 Å². The molecule has 0 aromatic heterocycles. The number of carbonyl (C=O) groups is 3. The Bertz CT molecular complexity index is 1880. The molecule has 5 aromatic carbocycles. The summed E-state index contributed by atoms with van der Waals surface area (Å²) in [6, 6.07) is 35.6. The zero-order chi connectivity index (χ0) is 32.6.